The molecule has 0 saturated carbocycles. The van der Waals surface area contributed by atoms with Gasteiger partial charge in [-0.3, -0.25) is 4.90 Å². The first-order chi connectivity index (χ1) is 10.7. The van der Waals surface area contributed by atoms with E-state index >= 15 is 0 Å². The summed E-state index contributed by atoms with van der Waals surface area (Å²) >= 11 is 0. The van der Waals surface area contributed by atoms with E-state index in [9.17, 15) is 4.39 Å². The number of morpholine rings is 1. The molecule has 0 aromatic heterocycles. The van der Waals surface area contributed by atoms with Gasteiger partial charge in [0.2, 0.25) is 0 Å². The number of halogens is 1. The van der Waals surface area contributed by atoms with Gasteiger partial charge in [-0.25, -0.2) is 4.39 Å². The summed E-state index contributed by atoms with van der Waals surface area (Å²) in [6, 6.07) is 17.7. The Morgan fingerprint density at radius 3 is 2.50 bits per heavy atom. The topological polar surface area (TPSA) is 12.5 Å². The van der Waals surface area contributed by atoms with E-state index in [0.717, 1.165) is 31.7 Å². The smallest absolute Gasteiger partial charge is 0.123 e. The predicted molar refractivity (Wildman–Crippen MR) is 86.2 cm³/mol. The second kappa shape index (κ2) is 7.03. The van der Waals surface area contributed by atoms with Crippen LogP contribution in [0.25, 0.3) is 0 Å². The van der Waals surface area contributed by atoms with Crippen LogP contribution in [0.4, 0.5) is 4.39 Å². The first-order valence-electron chi connectivity index (χ1n) is 7.85. The Balaban J connectivity index is 1.61. The van der Waals surface area contributed by atoms with Gasteiger partial charge >= 0.3 is 0 Å². The fraction of sp³-hybridized carbons (Fsp3) is 0.368. The highest BCUT2D eigenvalue weighted by atomic mass is 19.1. The molecule has 22 heavy (non-hydrogen) atoms. The maximum absolute atomic E-state index is 13.0. The van der Waals surface area contributed by atoms with E-state index in [4.69, 9.17) is 4.74 Å². The normalized spacial score (nSPS) is 22.6. The van der Waals surface area contributed by atoms with E-state index < -0.39 is 0 Å². The molecule has 1 aliphatic rings. The number of rotatable bonds is 4. The van der Waals surface area contributed by atoms with E-state index in [2.05, 4.69) is 36.1 Å². The average Bonchev–Trinajstić information content (AvgIpc) is 2.54. The highest BCUT2D eigenvalue weighted by Gasteiger charge is 2.26. The predicted octanol–water partition coefficient (Wildman–Crippen LogP) is 3.66. The van der Waals surface area contributed by atoms with Crippen molar-refractivity contribution in [2.75, 3.05) is 13.2 Å². The standard InChI is InChI=1S/C19H22FNO/c1-15-14-22-19(11-16-7-9-18(20)10-8-16)13-21(15)12-17-5-3-2-4-6-17/h2-10,15,19H,11-14H2,1H3/t15-,19+/m0/s1. The second-order valence-corrected chi connectivity index (χ2v) is 6.05. The largest absolute Gasteiger partial charge is 0.375 e. The van der Waals surface area contributed by atoms with Crippen LogP contribution < -0.4 is 0 Å². The lowest BCUT2D eigenvalue weighted by atomic mass is 10.0. The molecule has 0 N–H and O–H groups in total. The van der Waals surface area contributed by atoms with Crippen molar-refractivity contribution in [2.24, 2.45) is 0 Å². The molecule has 2 atom stereocenters. The molecule has 3 rings (SSSR count). The summed E-state index contributed by atoms with van der Waals surface area (Å²) in [5.41, 5.74) is 2.46. The first kappa shape index (κ1) is 15.2. The maximum atomic E-state index is 13.0. The lowest BCUT2D eigenvalue weighted by Crippen LogP contribution is -2.48. The van der Waals surface area contributed by atoms with Crippen LogP contribution in [0.2, 0.25) is 0 Å². The fourth-order valence-corrected chi connectivity index (χ4v) is 2.92. The lowest BCUT2D eigenvalue weighted by molar-refractivity contribution is -0.0606. The Morgan fingerprint density at radius 1 is 1.05 bits per heavy atom. The van der Waals surface area contributed by atoms with Gasteiger partial charge in [0, 0.05) is 19.1 Å². The van der Waals surface area contributed by atoms with E-state index in [1.165, 1.54) is 17.7 Å². The SMILES string of the molecule is C[C@H]1CO[C@H](Cc2ccc(F)cc2)CN1Cc1ccccc1. The molecule has 0 spiro atoms. The van der Waals surface area contributed by atoms with Crippen molar-refractivity contribution in [3.63, 3.8) is 0 Å². The van der Waals surface area contributed by atoms with Gasteiger partial charge < -0.3 is 4.74 Å². The molecular formula is C19H22FNO. The van der Waals surface area contributed by atoms with Crippen LogP contribution in [0, 0.1) is 5.82 Å². The summed E-state index contributed by atoms with van der Waals surface area (Å²) in [5, 5.41) is 0. The molecule has 1 saturated heterocycles. The van der Waals surface area contributed by atoms with Gasteiger partial charge in [0.1, 0.15) is 5.82 Å². The van der Waals surface area contributed by atoms with Crippen LogP contribution in [0.5, 0.6) is 0 Å². The van der Waals surface area contributed by atoms with Crippen molar-refractivity contribution >= 4 is 0 Å². The van der Waals surface area contributed by atoms with Crippen LogP contribution in [-0.4, -0.2) is 30.2 Å². The molecule has 1 fully saturated rings. The molecule has 3 heteroatoms. The summed E-state index contributed by atoms with van der Waals surface area (Å²) in [7, 11) is 0. The molecule has 0 unspecified atom stereocenters. The molecule has 2 aromatic rings. The molecular weight excluding hydrogens is 277 g/mol. The fourth-order valence-electron chi connectivity index (χ4n) is 2.92. The molecule has 2 nitrogen and oxygen atoms in total. The highest BCUT2D eigenvalue weighted by molar-refractivity contribution is 5.17. The molecule has 1 heterocycles. The zero-order valence-electron chi connectivity index (χ0n) is 12.9. The number of ether oxygens (including phenoxy) is 1. The number of hydrogen-bond acceptors (Lipinski definition) is 2. The third-order valence-corrected chi connectivity index (χ3v) is 4.24. The second-order valence-electron chi connectivity index (χ2n) is 6.05. The Morgan fingerprint density at radius 2 is 1.77 bits per heavy atom. The Hall–Kier alpha value is -1.71. The molecule has 0 aliphatic carbocycles. The van der Waals surface area contributed by atoms with Crippen molar-refractivity contribution in [2.45, 2.75) is 32.0 Å². The summed E-state index contributed by atoms with van der Waals surface area (Å²) in [6.07, 6.45) is 1.00. The minimum Gasteiger partial charge on any atom is -0.375 e. The lowest BCUT2D eigenvalue weighted by Gasteiger charge is -2.38. The van der Waals surface area contributed by atoms with Crippen molar-refractivity contribution in [1.29, 1.82) is 0 Å². The summed E-state index contributed by atoms with van der Waals surface area (Å²) in [4.78, 5) is 2.47. The number of hydrogen-bond donors (Lipinski definition) is 0. The van der Waals surface area contributed by atoms with Gasteiger partial charge in [0.25, 0.3) is 0 Å². The average molecular weight is 299 g/mol. The van der Waals surface area contributed by atoms with Crippen LogP contribution in [0.1, 0.15) is 18.1 Å². The Labute approximate surface area is 131 Å². The van der Waals surface area contributed by atoms with Crippen molar-refractivity contribution < 1.29 is 9.13 Å². The number of benzene rings is 2. The minimum atomic E-state index is -0.187. The van der Waals surface area contributed by atoms with Crippen LogP contribution in [0.3, 0.4) is 0 Å². The molecule has 0 radical (unpaired) electrons. The third kappa shape index (κ3) is 3.93. The third-order valence-electron chi connectivity index (χ3n) is 4.24. The van der Waals surface area contributed by atoms with Gasteiger partial charge in [0.15, 0.2) is 0 Å². The molecule has 1 aliphatic heterocycles. The van der Waals surface area contributed by atoms with Gasteiger partial charge in [-0.2, -0.15) is 0 Å². The van der Waals surface area contributed by atoms with Crippen molar-refractivity contribution in [3.05, 3.63) is 71.5 Å². The summed E-state index contributed by atoms with van der Waals surface area (Å²) < 4.78 is 18.9. The van der Waals surface area contributed by atoms with Crippen molar-refractivity contribution in [3.8, 4) is 0 Å². The van der Waals surface area contributed by atoms with Gasteiger partial charge in [0.05, 0.1) is 12.7 Å². The van der Waals surface area contributed by atoms with Crippen molar-refractivity contribution in [1.82, 2.24) is 4.90 Å². The highest BCUT2D eigenvalue weighted by Crippen LogP contribution is 2.18. The van der Waals surface area contributed by atoms with E-state index in [-0.39, 0.29) is 11.9 Å². The first-order valence-corrected chi connectivity index (χ1v) is 7.85. The van der Waals surface area contributed by atoms with E-state index in [0.29, 0.717) is 6.04 Å². The molecule has 2 aromatic carbocycles. The van der Waals surface area contributed by atoms with Gasteiger partial charge in [-0.15, -0.1) is 0 Å². The quantitative estimate of drug-likeness (QED) is 0.854. The van der Waals surface area contributed by atoms with Crippen LogP contribution in [0.15, 0.2) is 54.6 Å². The van der Waals surface area contributed by atoms with Crippen LogP contribution >= 0.6 is 0 Å². The minimum absolute atomic E-state index is 0.172. The van der Waals surface area contributed by atoms with E-state index in [1.54, 1.807) is 0 Å². The van der Waals surface area contributed by atoms with Gasteiger partial charge in [-0.05, 0) is 36.6 Å². The Bertz CT molecular complexity index is 584. The van der Waals surface area contributed by atoms with Gasteiger partial charge in [-0.1, -0.05) is 42.5 Å². The van der Waals surface area contributed by atoms with E-state index in [1.807, 2.05) is 18.2 Å². The monoisotopic (exact) mass is 299 g/mol. The molecule has 0 amide bonds. The summed E-state index contributed by atoms with van der Waals surface area (Å²) in [6.45, 7) is 4.81. The number of nitrogens with zero attached hydrogens (tertiary/aromatic N) is 1. The zero-order valence-corrected chi connectivity index (χ0v) is 12.9. The molecule has 116 valence electrons. The zero-order chi connectivity index (χ0) is 15.4. The van der Waals surface area contributed by atoms with Crippen LogP contribution in [-0.2, 0) is 17.7 Å². The Kier molecular flexibility index (Phi) is 4.86. The molecule has 0 bridgehead atoms. The summed E-state index contributed by atoms with van der Waals surface area (Å²) in [5.74, 6) is -0.187. The maximum Gasteiger partial charge on any atom is 0.123 e.